The summed E-state index contributed by atoms with van der Waals surface area (Å²) < 4.78 is 0. The molecule has 0 aromatic heterocycles. The van der Waals surface area contributed by atoms with Crippen LogP contribution in [-0.2, 0) is 0 Å². The SMILES string of the molecule is C=C(C)CCCCCCCCCCCCCCCCCCCCCCCCCCNC(=C)CCC(CC(=C)C(C)CC(=C)C)C(=C)Cl. The zero-order valence-corrected chi connectivity index (χ0v) is 33.0. The first-order valence-electron chi connectivity index (χ1n) is 20.4. The van der Waals surface area contributed by atoms with E-state index in [1.165, 1.54) is 177 Å². The van der Waals surface area contributed by atoms with Gasteiger partial charge in [0.2, 0.25) is 0 Å². The van der Waals surface area contributed by atoms with Crippen molar-refractivity contribution in [3.05, 3.63) is 60.3 Å². The average molecular weight is 673 g/mol. The summed E-state index contributed by atoms with van der Waals surface area (Å²) in [4.78, 5) is 0. The second-order valence-electron chi connectivity index (χ2n) is 15.3. The second kappa shape index (κ2) is 33.3. The van der Waals surface area contributed by atoms with E-state index < -0.39 is 0 Å². The van der Waals surface area contributed by atoms with Crippen molar-refractivity contribution in [2.24, 2.45) is 11.8 Å². The molecule has 0 aromatic rings. The fraction of sp³-hybridized carbons (Fsp3) is 0.778. The maximum atomic E-state index is 6.36. The molecule has 0 rings (SSSR count). The van der Waals surface area contributed by atoms with Gasteiger partial charge in [0.05, 0.1) is 0 Å². The van der Waals surface area contributed by atoms with E-state index in [1.807, 2.05) is 0 Å². The summed E-state index contributed by atoms with van der Waals surface area (Å²) in [6, 6.07) is 0. The van der Waals surface area contributed by atoms with Gasteiger partial charge in [0.25, 0.3) is 0 Å². The van der Waals surface area contributed by atoms with Gasteiger partial charge in [0.15, 0.2) is 0 Å². The zero-order chi connectivity index (χ0) is 35.0. The maximum Gasteiger partial charge on any atom is 0.0143 e. The molecule has 0 heterocycles. The standard InChI is InChI=1S/C45H82ClN/c1-39(2)33-31-29-27-25-23-21-19-17-15-13-11-9-10-12-14-16-18-20-22-24-26-28-30-32-36-47-43(7)34-35-45(44(8)46)38-42(6)41(5)37-40(3)4/h41,45,47H,1,3,6-38H2,2,4-5H3. The van der Waals surface area contributed by atoms with Crippen LogP contribution in [0.2, 0.25) is 0 Å². The van der Waals surface area contributed by atoms with Gasteiger partial charge in [-0.05, 0) is 70.6 Å². The summed E-state index contributed by atoms with van der Waals surface area (Å²) in [5, 5.41) is 4.29. The van der Waals surface area contributed by atoms with Gasteiger partial charge in [0.1, 0.15) is 0 Å². The Bertz CT molecular complexity index is 807. The molecule has 47 heavy (non-hydrogen) atoms. The lowest BCUT2D eigenvalue weighted by atomic mass is 9.86. The van der Waals surface area contributed by atoms with Crippen molar-refractivity contribution in [2.45, 2.75) is 207 Å². The van der Waals surface area contributed by atoms with Crippen molar-refractivity contribution in [1.82, 2.24) is 5.32 Å². The Morgan fingerprint density at radius 2 is 0.851 bits per heavy atom. The first-order valence-corrected chi connectivity index (χ1v) is 20.7. The number of halogens is 1. The fourth-order valence-corrected chi connectivity index (χ4v) is 6.88. The molecule has 0 fully saturated rings. The second-order valence-corrected chi connectivity index (χ2v) is 15.8. The molecule has 0 spiro atoms. The molecule has 2 atom stereocenters. The van der Waals surface area contributed by atoms with Crippen LogP contribution in [0.4, 0.5) is 0 Å². The molecule has 274 valence electrons. The third-order valence-electron chi connectivity index (χ3n) is 10.0. The number of rotatable bonds is 37. The summed E-state index contributed by atoms with van der Waals surface area (Å²) in [6.07, 6.45) is 39.2. The van der Waals surface area contributed by atoms with E-state index in [-0.39, 0.29) is 5.92 Å². The molecule has 0 saturated carbocycles. The van der Waals surface area contributed by atoms with Crippen LogP contribution in [0.5, 0.6) is 0 Å². The smallest absolute Gasteiger partial charge is 0.0143 e. The van der Waals surface area contributed by atoms with Gasteiger partial charge < -0.3 is 5.32 Å². The minimum atomic E-state index is 0.261. The Hall–Kier alpha value is -1.21. The van der Waals surface area contributed by atoms with E-state index in [0.29, 0.717) is 5.92 Å². The highest BCUT2D eigenvalue weighted by Crippen LogP contribution is 2.31. The lowest BCUT2D eigenvalue weighted by Crippen LogP contribution is -2.15. The highest BCUT2D eigenvalue weighted by atomic mass is 35.5. The van der Waals surface area contributed by atoms with Crippen molar-refractivity contribution < 1.29 is 0 Å². The molecule has 0 aliphatic carbocycles. The highest BCUT2D eigenvalue weighted by Gasteiger charge is 2.17. The molecular formula is C45H82ClN. The Labute approximate surface area is 301 Å². The number of nitrogens with one attached hydrogen (secondary N) is 1. The van der Waals surface area contributed by atoms with E-state index >= 15 is 0 Å². The molecule has 0 saturated heterocycles. The molecule has 0 amide bonds. The van der Waals surface area contributed by atoms with Crippen LogP contribution in [0.3, 0.4) is 0 Å². The lowest BCUT2D eigenvalue weighted by molar-refractivity contribution is 0.513. The van der Waals surface area contributed by atoms with E-state index in [4.69, 9.17) is 11.6 Å². The van der Waals surface area contributed by atoms with Crippen LogP contribution in [0.15, 0.2) is 60.3 Å². The van der Waals surface area contributed by atoms with Crippen LogP contribution in [0.25, 0.3) is 0 Å². The molecule has 1 nitrogen and oxygen atoms in total. The molecule has 2 heteroatoms. The van der Waals surface area contributed by atoms with Gasteiger partial charge in [-0.1, -0.05) is 196 Å². The van der Waals surface area contributed by atoms with Gasteiger partial charge in [-0.15, -0.1) is 13.2 Å². The molecule has 0 aromatic carbocycles. The molecule has 0 bridgehead atoms. The summed E-state index contributed by atoms with van der Waals surface area (Å²) >= 11 is 6.36. The van der Waals surface area contributed by atoms with Crippen molar-refractivity contribution >= 4 is 11.6 Å². The summed E-state index contributed by atoms with van der Waals surface area (Å²) in [7, 11) is 0. The third-order valence-corrected chi connectivity index (χ3v) is 10.3. The van der Waals surface area contributed by atoms with Crippen molar-refractivity contribution in [3.63, 3.8) is 0 Å². The number of unbranched alkanes of at least 4 members (excludes halogenated alkanes) is 23. The normalized spacial score (nSPS) is 12.5. The first kappa shape index (κ1) is 45.8. The summed E-state index contributed by atoms with van der Waals surface area (Å²) in [5.41, 5.74) is 4.92. The molecule has 0 aliphatic rings. The summed E-state index contributed by atoms with van der Waals surface area (Å²) in [6.45, 7) is 28.1. The minimum absolute atomic E-state index is 0.261. The van der Waals surface area contributed by atoms with Gasteiger partial charge in [-0.25, -0.2) is 0 Å². The molecular weight excluding hydrogens is 590 g/mol. The van der Waals surface area contributed by atoms with Gasteiger partial charge in [0, 0.05) is 17.3 Å². The van der Waals surface area contributed by atoms with Crippen LogP contribution >= 0.6 is 11.6 Å². The minimum Gasteiger partial charge on any atom is -0.389 e. The first-order chi connectivity index (χ1) is 22.6. The fourth-order valence-electron chi connectivity index (χ4n) is 6.70. The number of allylic oxidation sites excluding steroid dienone is 5. The molecule has 2 unspecified atom stereocenters. The van der Waals surface area contributed by atoms with E-state index in [1.54, 1.807) is 0 Å². The van der Waals surface area contributed by atoms with Crippen molar-refractivity contribution in [2.75, 3.05) is 6.54 Å². The Morgan fingerprint density at radius 1 is 0.489 bits per heavy atom. The Balaban J connectivity index is 3.42. The van der Waals surface area contributed by atoms with Gasteiger partial charge >= 0.3 is 0 Å². The van der Waals surface area contributed by atoms with Crippen LogP contribution in [0.1, 0.15) is 207 Å². The van der Waals surface area contributed by atoms with Gasteiger partial charge in [-0.2, -0.15) is 0 Å². The number of hydrogen-bond donors (Lipinski definition) is 1. The van der Waals surface area contributed by atoms with Crippen LogP contribution in [0, 0.1) is 11.8 Å². The predicted octanol–water partition coefficient (Wildman–Crippen LogP) is 16.1. The zero-order valence-electron chi connectivity index (χ0n) is 32.3. The Kier molecular flexibility index (Phi) is 32.4. The highest BCUT2D eigenvalue weighted by molar-refractivity contribution is 6.29. The van der Waals surface area contributed by atoms with Crippen molar-refractivity contribution in [3.8, 4) is 0 Å². The van der Waals surface area contributed by atoms with Gasteiger partial charge in [-0.3, -0.25) is 0 Å². The quantitative estimate of drug-likeness (QED) is 0.0512. The average Bonchev–Trinajstić information content (AvgIpc) is 3.01. The van der Waals surface area contributed by atoms with E-state index in [2.05, 4.69) is 59.0 Å². The topological polar surface area (TPSA) is 12.0 Å². The molecule has 1 N–H and O–H groups in total. The largest absolute Gasteiger partial charge is 0.389 e. The molecule has 0 aliphatic heterocycles. The maximum absolute atomic E-state index is 6.36. The van der Waals surface area contributed by atoms with Crippen molar-refractivity contribution in [1.29, 1.82) is 0 Å². The van der Waals surface area contributed by atoms with E-state index in [0.717, 1.165) is 43.0 Å². The Morgan fingerprint density at radius 3 is 1.19 bits per heavy atom. The van der Waals surface area contributed by atoms with E-state index in [9.17, 15) is 0 Å². The van der Waals surface area contributed by atoms with Crippen LogP contribution in [-0.4, -0.2) is 6.54 Å². The predicted molar refractivity (Wildman–Crippen MR) is 217 cm³/mol. The monoisotopic (exact) mass is 672 g/mol. The third kappa shape index (κ3) is 33.1. The summed E-state index contributed by atoms with van der Waals surface area (Å²) in [5.74, 6) is 0.700. The lowest BCUT2D eigenvalue weighted by Gasteiger charge is -2.22. The number of hydrogen-bond acceptors (Lipinski definition) is 1. The molecule has 0 radical (unpaired) electrons. The van der Waals surface area contributed by atoms with Crippen LogP contribution < -0.4 is 5.32 Å².